The molecule has 184 valence electrons. The topological polar surface area (TPSA) is 66.4 Å². The molecule has 0 radical (unpaired) electrons. The molecule has 4 nitrogen and oxygen atoms in total. The summed E-state index contributed by atoms with van der Waals surface area (Å²) in [7, 11) is 0. The van der Waals surface area contributed by atoms with Crippen molar-refractivity contribution in [2.24, 2.45) is 11.3 Å². The Balaban J connectivity index is 1.91. The second kappa shape index (κ2) is 10.2. The third-order valence-electron chi connectivity index (χ3n) is 6.51. The molecular formula is C25H26Cl2F3NO3. The number of amides is 1. The van der Waals surface area contributed by atoms with Crippen LogP contribution in [-0.2, 0) is 9.59 Å². The smallest absolute Gasteiger partial charge is 0.392 e. The molecule has 0 aromatic heterocycles. The number of halogens is 5. The highest BCUT2D eigenvalue weighted by molar-refractivity contribution is 6.33. The number of benzene rings is 2. The van der Waals surface area contributed by atoms with E-state index in [1.165, 1.54) is 30.3 Å². The molecule has 3 atom stereocenters. The van der Waals surface area contributed by atoms with Crippen LogP contribution in [0, 0.1) is 11.3 Å². The molecule has 0 spiro atoms. The van der Waals surface area contributed by atoms with Gasteiger partial charge in [-0.3, -0.25) is 9.59 Å². The summed E-state index contributed by atoms with van der Waals surface area (Å²) in [6, 6.07) is 10.5. The number of carboxylic acid groups (broad SMARTS) is 1. The van der Waals surface area contributed by atoms with Gasteiger partial charge in [0, 0.05) is 5.02 Å². The zero-order chi connectivity index (χ0) is 25.3. The van der Waals surface area contributed by atoms with Crippen molar-refractivity contribution in [3.05, 3.63) is 63.6 Å². The van der Waals surface area contributed by atoms with Crippen LogP contribution in [0.2, 0.25) is 10.0 Å². The van der Waals surface area contributed by atoms with Crippen molar-refractivity contribution >= 4 is 40.8 Å². The highest BCUT2D eigenvalue weighted by Crippen LogP contribution is 2.52. The normalized spacial score (nSPS) is 17.5. The Labute approximate surface area is 206 Å². The summed E-state index contributed by atoms with van der Waals surface area (Å²) < 4.78 is 40.8. The van der Waals surface area contributed by atoms with E-state index in [0.717, 1.165) is 19.8 Å². The Hall–Kier alpha value is -2.25. The minimum absolute atomic E-state index is 0.0744. The molecule has 3 unspecified atom stereocenters. The van der Waals surface area contributed by atoms with Crippen molar-refractivity contribution in [2.75, 3.05) is 5.32 Å². The van der Waals surface area contributed by atoms with Crippen molar-refractivity contribution < 1.29 is 27.9 Å². The summed E-state index contributed by atoms with van der Waals surface area (Å²) in [6.07, 6.45) is -2.02. The summed E-state index contributed by atoms with van der Waals surface area (Å²) in [4.78, 5) is 24.6. The first-order valence-electron chi connectivity index (χ1n) is 10.9. The van der Waals surface area contributed by atoms with Gasteiger partial charge in [0.2, 0.25) is 5.91 Å². The van der Waals surface area contributed by atoms with E-state index in [4.69, 9.17) is 23.2 Å². The molecular weight excluding hydrogens is 490 g/mol. The average Bonchev–Trinajstić information content (AvgIpc) is 3.46. The summed E-state index contributed by atoms with van der Waals surface area (Å²) >= 11 is 12.1. The molecule has 9 heteroatoms. The number of alkyl halides is 3. The Bertz CT molecular complexity index is 1050. The van der Waals surface area contributed by atoms with E-state index < -0.39 is 29.9 Å². The van der Waals surface area contributed by atoms with Gasteiger partial charge >= 0.3 is 12.1 Å². The Kier molecular flexibility index (Phi) is 7.88. The van der Waals surface area contributed by atoms with Gasteiger partial charge in [0.1, 0.15) is 0 Å². The van der Waals surface area contributed by atoms with Crippen LogP contribution in [0.15, 0.2) is 42.5 Å². The van der Waals surface area contributed by atoms with Gasteiger partial charge < -0.3 is 10.4 Å². The molecule has 1 aliphatic carbocycles. The zero-order valence-corrected chi connectivity index (χ0v) is 20.3. The Morgan fingerprint density at radius 3 is 2.21 bits per heavy atom. The number of rotatable bonds is 9. The molecule has 1 aliphatic rings. The maximum atomic E-state index is 13.6. The fraction of sp³-hybridized carbons (Fsp3) is 0.440. The van der Waals surface area contributed by atoms with E-state index in [0.29, 0.717) is 17.0 Å². The molecule has 1 saturated carbocycles. The summed E-state index contributed by atoms with van der Waals surface area (Å²) in [5.41, 5.74) is 1.06. The van der Waals surface area contributed by atoms with E-state index >= 15 is 0 Å². The van der Waals surface area contributed by atoms with Gasteiger partial charge in [0.05, 0.1) is 29.0 Å². The van der Waals surface area contributed by atoms with Gasteiger partial charge in [-0.25, -0.2) is 0 Å². The summed E-state index contributed by atoms with van der Waals surface area (Å²) in [5, 5.41) is 12.4. The number of hydrogen-bond acceptors (Lipinski definition) is 2. The maximum absolute atomic E-state index is 13.6. The molecule has 0 aliphatic heterocycles. The molecule has 0 saturated heterocycles. The van der Waals surface area contributed by atoms with Gasteiger partial charge in [0.15, 0.2) is 0 Å². The minimum Gasteiger partial charge on any atom is -0.481 e. The van der Waals surface area contributed by atoms with E-state index in [9.17, 15) is 27.9 Å². The first-order chi connectivity index (χ1) is 15.8. The van der Waals surface area contributed by atoms with Crippen LogP contribution in [0.4, 0.5) is 18.9 Å². The van der Waals surface area contributed by atoms with E-state index in [1.807, 2.05) is 0 Å². The fourth-order valence-corrected chi connectivity index (χ4v) is 4.45. The number of hydrogen-bond donors (Lipinski definition) is 2. The molecule has 1 amide bonds. The number of carboxylic acids is 1. The molecule has 3 rings (SSSR count). The average molecular weight is 516 g/mol. The largest absolute Gasteiger partial charge is 0.481 e. The van der Waals surface area contributed by atoms with Crippen LogP contribution >= 0.6 is 23.2 Å². The maximum Gasteiger partial charge on any atom is 0.392 e. The van der Waals surface area contributed by atoms with Crippen molar-refractivity contribution in [3.63, 3.8) is 0 Å². The number of carbonyl (C=O) groups excluding carboxylic acids is 1. The SMILES string of the molecule is CC(C(C(=O)Nc1cc(C(CC(=O)O)CC2(C)CC2)ccc1Cl)c1ccc(Cl)cc1)C(F)(F)F. The van der Waals surface area contributed by atoms with E-state index in [2.05, 4.69) is 12.2 Å². The highest BCUT2D eigenvalue weighted by Gasteiger charge is 2.45. The fourth-order valence-electron chi connectivity index (χ4n) is 4.16. The van der Waals surface area contributed by atoms with Gasteiger partial charge in [-0.05, 0) is 66.0 Å². The van der Waals surface area contributed by atoms with E-state index in [-0.39, 0.29) is 34.0 Å². The van der Waals surface area contributed by atoms with Gasteiger partial charge in [-0.15, -0.1) is 0 Å². The zero-order valence-electron chi connectivity index (χ0n) is 18.8. The summed E-state index contributed by atoms with van der Waals surface area (Å²) in [6.45, 7) is 3.05. The van der Waals surface area contributed by atoms with Gasteiger partial charge in [0.25, 0.3) is 0 Å². The van der Waals surface area contributed by atoms with Crippen LogP contribution in [0.25, 0.3) is 0 Å². The molecule has 1 fully saturated rings. The lowest BCUT2D eigenvalue weighted by atomic mass is 9.85. The first-order valence-corrected chi connectivity index (χ1v) is 11.7. The second-order valence-electron chi connectivity index (χ2n) is 9.40. The number of aliphatic carboxylic acids is 1. The summed E-state index contributed by atoms with van der Waals surface area (Å²) in [5.74, 6) is -5.62. The van der Waals surface area contributed by atoms with Gasteiger partial charge in [-0.1, -0.05) is 55.2 Å². The molecule has 2 N–H and O–H groups in total. The lowest BCUT2D eigenvalue weighted by Gasteiger charge is -2.26. The number of carbonyl (C=O) groups is 2. The van der Waals surface area contributed by atoms with Crippen LogP contribution in [-0.4, -0.2) is 23.2 Å². The van der Waals surface area contributed by atoms with Crippen LogP contribution in [0.1, 0.15) is 62.5 Å². The quantitative estimate of drug-likeness (QED) is 0.360. The second-order valence-corrected chi connectivity index (χ2v) is 10.2. The minimum atomic E-state index is -4.61. The number of nitrogens with one attached hydrogen (secondary N) is 1. The standard InChI is InChI=1S/C25H26Cl2F3NO3/c1-14(25(28,29)30)22(15-3-6-18(26)7-4-15)23(34)31-20-11-16(5-8-19(20)27)17(12-21(32)33)13-24(2)9-10-24/h3-8,11,14,17,22H,9-10,12-13H2,1-2H3,(H,31,34)(H,32,33). The molecule has 0 bridgehead atoms. The van der Waals surface area contributed by atoms with Crippen molar-refractivity contribution in [3.8, 4) is 0 Å². The predicted octanol–water partition coefficient (Wildman–Crippen LogP) is 7.66. The molecule has 2 aromatic rings. The number of anilines is 1. The Morgan fingerprint density at radius 2 is 1.68 bits per heavy atom. The van der Waals surface area contributed by atoms with Crippen LogP contribution in [0.3, 0.4) is 0 Å². The van der Waals surface area contributed by atoms with Crippen molar-refractivity contribution in [1.82, 2.24) is 0 Å². The first kappa shape index (κ1) is 26.4. The molecule has 0 heterocycles. The predicted molar refractivity (Wildman–Crippen MR) is 126 cm³/mol. The Morgan fingerprint density at radius 1 is 1.09 bits per heavy atom. The van der Waals surface area contributed by atoms with Crippen molar-refractivity contribution in [1.29, 1.82) is 0 Å². The van der Waals surface area contributed by atoms with Crippen LogP contribution in [0.5, 0.6) is 0 Å². The van der Waals surface area contributed by atoms with E-state index in [1.54, 1.807) is 12.1 Å². The third kappa shape index (κ3) is 6.66. The lowest BCUT2D eigenvalue weighted by Crippen LogP contribution is -2.34. The molecule has 34 heavy (non-hydrogen) atoms. The lowest BCUT2D eigenvalue weighted by molar-refractivity contribution is -0.178. The van der Waals surface area contributed by atoms with Gasteiger partial charge in [-0.2, -0.15) is 13.2 Å². The van der Waals surface area contributed by atoms with Crippen LogP contribution < -0.4 is 5.32 Å². The monoisotopic (exact) mass is 515 g/mol. The highest BCUT2D eigenvalue weighted by atomic mass is 35.5. The van der Waals surface area contributed by atoms with Crippen molar-refractivity contribution in [2.45, 2.75) is 57.5 Å². The third-order valence-corrected chi connectivity index (χ3v) is 7.09. The molecule has 2 aromatic carbocycles.